The Morgan fingerprint density at radius 2 is 2.00 bits per heavy atom. The van der Waals surface area contributed by atoms with Crippen molar-refractivity contribution in [1.29, 1.82) is 0 Å². The molecule has 1 aliphatic rings. The zero-order chi connectivity index (χ0) is 16.3. The first kappa shape index (κ1) is 15.8. The zero-order valence-electron chi connectivity index (χ0n) is 12.6. The van der Waals surface area contributed by atoms with Gasteiger partial charge in [0.15, 0.2) is 0 Å². The topological polar surface area (TPSA) is 94.2 Å². The summed E-state index contributed by atoms with van der Waals surface area (Å²) in [6.45, 7) is 5.46. The Balaban J connectivity index is 2.47. The second-order valence-corrected chi connectivity index (χ2v) is 5.04. The number of benzene rings is 1. The Bertz CT molecular complexity index is 667. The molecule has 2 rings (SSSR count). The van der Waals surface area contributed by atoms with E-state index in [0.29, 0.717) is 17.0 Å². The van der Waals surface area contributed by atoms with E-state index in [1.54, 1.807) is 32.9 Å². The number of hydrogen-bond acceptors (Lipinski definition) is 6. The molecule has 116 valence electrons. The van der Waals surface area contributed by atoms with E-state index in [9.17, 15) is 14.9 Å². The lowest BCUT2D eigenvalue weighted by Crippen LogP contribution is -2.36. The molecule has 1 aromatic rings. The molecule has 7 nitrogen and oxygen atoms in total. The largest absolute Gasteiger partial charge is 0.465 e. The number of carbonyl (C=O) groups is 1. The third-order valence-corrected chi connectivity index (χ3v) is 3.58. The van der Waals surface area contributed by atoms with E-state index in [2.05, 4.69) is 10.2 Å². The van der Waals surface area contributed by atoms with Crippen LogP contribution in [0.15, 0.2) is 34.5 Å². The minimum Gasteiger partial charge on any atom is -0.465 e. The van der Waals surface area contributed by atoms with Gasteiger partial charge in [-0.15, -0.1) is 0 Å². The van der Waals surface area contributed by atoms with Gasteiger partial charge in [0.2, 0.25) is 0 Å². The highest BCUT2D eigenvalue weighted by atomic mass is 16.6. The first-order chi connectivity index (χ1) is 10.5. The lowest BCUT2D eigenvalue weighted by molar-refractivity contribution is -0.384. The number of nitro groups is 1. The van der Waals surface area contributed by atoms with Crippen molar-refractivity contribution in [3.05, 3.63) is 39.9 Å². The predicted octanol–water partition coefficient (Wildman–Crippen LogP) is 2.71. The van der Waals surface area contributed by atoms with Gasteiger partial charge in [0.05, 0.1) is 17.2 Å². The van der Waals surface area contributed by atoms with Crippen LogP contribution in [-0.2, 0) is 9.53 Å². The average Bonchev–Trinajstić information content (AvgIpc) is 2.49. The molecule has 0 amide bonds. The maximum Gasteiger partial charge on any atom is 0.315 e. The van der Waals surface area contributed by atoms with Gasteiger partial charge in [0, 0.05) is 23.8 Å². The fraction of sp³-hybridized carbons (Fsp3) is 0.400. The van der Waals surface area contributed by atoms with E-state index < -0.39 is 22.7 Å². The fourth-order valence-corrected chi connectivity index (χ4v) is 2.57. The van der Waals surface area contributed by atoms with Crippen molar-refractivity contribution in [1.82, 2.24) is 0 Å². The minimum absolute atomic E-state index is 0.0203. The highest BCUT2D eigenvalue weighted by Gasteiger charge is 2.38. The van der Waals surface area contributed by atoms with Crippen LogP contribution in [0.1, 0.15) is 32.3 Å². The van der Waals surface area contributed by atoms with Crippen LogP contribution in [0.2, 0.25) is 0 Å². The summed E-state index contributed by atoms with van der Waals surface area (Å²) in [4.78, 5) is 22.8. The molecule has 0 fully saturated rings. The molecule has 1 aliphatic heterocycles. The molecule has 0 saturated heterocycles. The number of nitrogens with zero attached hydrogens (tertiary/aromatic N) is 3. The standard InChI is InChI=1S/C15H17N3O4/c1-4-22-15(19)14-10(3)17-16-9(2)13(14)11-6-5-7-12(8-11)18(20)21/h5-8,13-14H,4H2,1-3H3. The van der Waals surface area contributed by atoms with Gasteiger partial charge in [-0.1, -0.05) is 12.1 Å². The van der Waals surface area contributed by atoms with E-state index in [1.807, 2.05) is 0 Å². The highest BCUT2D eigenvalue weighted by molar-refractivity contribution is 6.09. The van der Waals surface area contributed by atoms with Gasteiger partial charge in [-0.3, -0.25) is 14.9 Å². The van der Waals surface area contributed by atoms with Gasteiger partial charge in [0.1, 0.15) is 5.92 Å². The number of nitro benzene ring substituents is 1. The summed E-state index contributed by atoms with van der Waals surface area (Å²) in [5, 5.41) is 19.0. The van der Waals surface area contributed by atoms with Crippen LogP contribution in [-0.4, -0.2) is 28.9 Å². The number of ether oxygens (including phenoxy) is 1. The van der Waals surface area contributed by atoms with Crippen LogP contribution in [0.3, 0.4) is 0 Å². The quantitative estimate of drug-likeness (QED) is 0.485. The van der Waals surface area contributed by atoms with E-state index in [-0.39, 0.29) is 12.3 Å². The molecule has 0 bridgehead atoms. The number of non-ortho nitro benzene ring substituents is 1. The summed E-state index contributed by atoms with van der Waals surface area (Å²) in [7, 11) is 0. The Kier molecular flexibility index (Phi) is 4.65. The smallest absolute Gasteiger partial charge is 0.315 e. The molecule has 2 atom stereocenters. The normalized spacial score (nSPS) is 20.9. The predicted molar refractivity (Wildman–Crippen MR) is 82.2 cm³/mol. The van der Waals surface area contributed by atoms with E-state index in [4.69, 9.17) is 4.74 Å². The van der Waals surface area contributed by atoms with Crippen molar-refractivity contribution in [2.24, 2.45) is 16.1 Å². The van der Waals surface area contributed by atoms with Crippen molar-refractivity contribution in [3.63, 3.8) is 0 Å². The molecular formula is C15H17N3O4. The summed E-state index contributed by atoms with van der Waals surface area (Å²) in [6.07, 6.45) is 0. The molecular weight excluding hydrogens is 286 g/mol. The lowest BCUT2D eigenvalue weighted by Gasteiger charge is -2.27. The van der Waals surface area contributed by atoms with Crippen LogP contribution >= 0.6 is 0 Å². The Labute approximate surface area is 127 Å². The molecule has 7 heteroatoms. The van der Waals surface area contributed by atoms with Gasteiger partial charge in [-0.05, 0) is 26.3 Å². The molecule has 0 aliphatic carbocycles. The first-order valence-electron chi connectivity index (χ1n) is 6.95. The first-order valence-corrected chi connectivity index (χ1v) is 6.95. The maximum atomic E-state index is 12.3. The van der Waals surface area contributed by atoms with Crippen LogP contribution < -0.4 is 0 Å². The summed E-state index contributed by atoms with van der Waals surface area (Å²) < 4.78 is 5.12. The second-order valence-electron chi connectivity index (χ2n) is 5.04. The zero-order valence-corrected chi connectivity index (χ0v) is 12.6. The summed E-state index contributed by atoms with van der Waals surface area (Å²) in [5.74, 6) is -1.41. The third-order valence-electron chi connectivity index (χ3n) is 3.58. The number of carbonyl (C=O) groups excluding carboxylic acids is 1. The Hall–Kier alpha value is -2.57. The molecule has 0 spiro atoms. The molecule has 1 aromatic carbocycles. The van der Waals surface area contributed by atoms with Crippen molar-refractivity contribution in [2.75, 3.05) is 6.61 Å². The Morgan fingerprint density at radius 3 is 2.64 bits per heavy atom. The van der Waals surface area contributed by atoms with Crippen LogP contribution in [0.5, 0.6) is 0 Å². The number of esters is 1. The third kappa shape index (κ3) is 3.03. The Morgan fingerprint density at radius 1 is 1.32 bits per heavy atom. The van der Waals surface area contributed by atoms with Crippen LogP contribution in [0.25, 0.3) is 0 Å². The number of rotatable bonds is 4. The van der Waals surface area contributed by atoms with Crippen LogP contribution in [0.4, 0.5) is 5.69 Å². The van der Waals surface area contributed by atoms with E-state index in [1.165, 1.54) is 12.1 Å². The van der Waals surface area contributed by atoms with Crippen molar-refractivity contribution < 1.29 is 14.5 Å². The molecule has 0 N–H and O–H groups in total. The summed E-state index contributed by atoms with van der Waals surface area (Å²) in [6, 6.07) is 6.24. The van der Waals surface area contributed by atoms with Gasteiger partial charge in [-0.25, -0.2) is 0 Å². The molecule has 22 heavy (non-hydrogen) atoms. The van der Waals surface area contributed by atoms with Crippen molar-refractivity contribution in [3.8, 4) is 0 Å². The lowest BCUT2D eigenvalue weighted by atomic mass is 9.79. The second kappa shape index (κ2) is 6.46. The maximum absolute atomic E-state index is 12.3. The van der Waals surface area contributed by atoms with E-state index >= 15 is 0 Å². The molecule has 0 radical (unpaired) electrons. The summed E-state index contributed by atoms with van der Waals surface area (Å²) in [5.41, 5.74) is 1.81. The monoisotopic (exact) mass is 303 g/mol. The van der Waals surface area contributed by atoms with Gasteiger partial charge < -0.3 is 4.74 Å². The fourth-order valence-electron chi connectivity index (χ4n) is 2.57. The van der Waals surface area contributed by atoms with Gasteiger partial charge in [-0.2, -0.15) is 10.2 Å². The molecule has 1 heterocycles. The molecule has 2 unspecified atom stereocenters. The van der Waals surface area contributed by atoms with E-state index in [0.717, 1.165) is 0 Å². The van der Waals surface area contributed by atoms with Crippen LogP contribution in [0, 0.1) is 16.0 Å². The average molecular weight is 303 g/mol. The van der Waals surface area contributed by atoms with Crippen molar-refractivity contribution >= 4 is 23.1 Å². The highest BCUT2D eigenvalue weighted by Crippen LogP contribution is 2.33. The summed E-state index contributed by atoms with van der Waals surface area (Å²) >= 11 is 0. The van der Waals surface area contributed by atoms with Crippen molar-refractivity contribution in [2.45, 2.75) is 26.7 Å². The molecule has 0 aromatic heterocycles. The SMILES string of the molecule is CCOC(=O)C1C(C)=NN=C(C)C1c1cccc([N+](=O)[O-])c1. The number of hydrogen-bond donors (Lipinski definition) is 0. The molecule has 0 saturated carbocycles. The van der Waals surface area contributed by atoms with Gasteiger partial charge >= 0.3 is 5.97 Å². The van der Waals surface area contributed by atoms with Gasteiger partial charge in [0.25, 0.3) is 5.69 Å². The minimum atomic E-state index is -0.612.